The first kappa shape index (κ1) is 18.7. The molecule has 0 aliphatic carbocycles. The van der Waals surface area contributed by atoms with Gasteiger partial charge in [-0.2, -0.15) is 0 Å². The van der Waals surface area contributed by atoms with Crippen molar-refractivity contribution in [3.8, 4) is 5.75 Å². The molecule has 0 bridgehead atoms. The molecular formula is C21H23N3O3S. The van der Waals surface area contributed by atoms with E-state index < -0.39 is 0 Å². The Kier molecular flexibility index (Phi) is 4.71. The van der Waals surface area contributed by atoms with E-state index >= 15 is 0 Å². The summed E-state index contributed by atoms with van der Waals surface area (Å²) in [5, 5.41) is 0.588. The number of aromatic nitrogens is 2. The predicted octanol–water partition coefficient (Wildman–Crippen LogP) is 3.55. The highest BCUT2D eigenvalue weighted by Crippen LogP contribution is 2.31. The highest BCUT2D eigenvalue weighted by atomic mass is 32.1. The average molecular weight is 398 g/mol. The van der Waals surface area contributed by atoms with Gasteiger partial charge in [-0.1, -0.05) is 12.1 Å². The van der Waals surface area contributed by atoms with Crippen LogP contribution in [-0.4, -0.2) is 34.5 Å². The SMILES string of the molecule is COc1ccc(C(C)N(C)C(=O)c2sc3nc4n(c(=O)c3c2C)CCC4)cc1. The molecule has 3 heterocycles. The second kappa shape index (κ2) is 7.05. The molecule has 0 spiro atoms. The summed E-state index contributed by atoms with van der Waals surface area (Å²) in [5.41, 5.74) is 1.74. The van der Waals surface area contributed by atoms with Crippen molar-refractivity contribution in [2.24, 2.45) is 0 Å². The zero-order chi connectivity index (χ0) is 20.0. The number of hydrogen-bond donors (Lipinski definition) is 0. The monoisotopic (exact) mass is 397 g/mol. The van der Waals surface area contributed by atoms with E-state index in [0.29, 0.717) is 21.6 Å². The molecule has 0 N–H and O–H groups in total. The first-order valence-corrected chi connectivity index (χ1v) is 10.2. The van der Waals surface area contributed by atoms with E-state index in [1.165, 1.54) is 11.3 Å². The minimum absolute atomic E-state index is 0.0174. The van der Waals surface area contributed by atoms with E-state index in [-0.39, 0.29) is 17.5 Å². The van der Waals surface area contributed by atoms with Gasteiger partial charge in [0.2, 0.25) is 0 Å². The number of carbonyl (C=O) groups is 1. The van der Waals surface area contributed by atoms with E-state index in [9.17, 15) is 9.59 Å². The van der Waals surface area contributed by atoms with Crippen LogP contribution in [0.25, 0.3) is 10.2 Å². The molecule has 6 nitrogen and oxygen atoms in total. The molecule has 0 fully saturated rings. The third-order valence-electron chi connectivity index (χ3n) is 5.61. The number of fused-ring (bicyclic) bond motifs is 2. The standard InChI is InChI=1S/C21H23N3O3S/c1-12-17-19(22-16-6-5-11-24(16)20(17)25)28-18(12)21(26)23(3)13(2)14-7-9-15(27-4)10-8-14/h7-10,13H,5-6,11H2,1-4H3. The molecule has 146 valence electrons. The van der Waals surface area contributed by atoms with Crippen molar-refractivity contribution in [1.29, 1.82) is 0 Å². The zero-order valence-corrected chi connectivity index (χ0v) is 17.3. The fourth-order valence-electron chi connectivity index (χ4n) is 3.72. The summed E-state index contributed by atoms with van der Waals surface area (Å²) < 4.78 is 6.95. The van der Waals surface area contributed by atoms with Gasteiger partial charge in [0.05, 0.1) is 23.4 Å². The molecule has 1 aliphatic rings. The van der Waals surface area contributed by atoms with Gasteiger partial charge in [0.1, 0.15) is 16.4 Å². The molecule has 28 heavy (non-hydrogen) atoms. The van der Waals surface area contributed by atoms with Crippen LogP contribution >= 0.6 is 11.3 Å². The molecule has 0 radical (unpaired) electrons. The lowest BCUT2D eigenvalue weighted by atomic mass is 10.1. The third kappa shape index (κ3) is 2.90. The number of ether oxygens (including phenoxy) is 1. The van der Waals surface area contributed by atoms with Crippen molar-refractivity contribution in [3.63, 3.8) is 0 Å². The number of benzene rings is 1. The minimum Gasteiger partial charge on any atom is -0.497 e. The van der Waals surface area contributed by atoms with Crippen molar-refractivity contribution in [2.75, 3.05) is 14.2 Å². The van der Waals surface area contributed by atoms with Gasteiger partial charge in [-0.05, 0) is 43.5 Å². The highest BCUT2D eigenvalue weighted by Gasteiger charge is 2.26. The molecule has 3 aromatic rings. The summed E-state index contributed by atoms with van der Waals surface area (Å²) in [5.74, 6) is 1.52. The van der Waals surface area contributed by atoms with Crippen molar-refractivity contribution in [3.05, 3.63) is 56.4 Å². The van der Waals surface area contributed by atoms with Crippen LogP contribution in [0.4, 0.5) is 0 Å². The first-order chi connectivity index (χ1) is 13.4. The molecule has 0 saturated heterocycles. The molecule has 1 atom stereocenters. The van der Waals surface area contributed by atoms with Crippen LogP contribution < -0.4 is 10.3 Å². The molecule has 1 aliphatic heterocycles. The number of hydrogen-bond acceptors (Lipinski definition) is 5. The van der Waals surface area contributed by atoms with Crippen LogP contribution in [0.1, 0.15) is 46.0 Å². The maximum absolute atomic E-state index is 13.2. The number of methoxy groups -OCH3 is 1. The number of rotatable bonds is 4. The highest BCUT2D eigenvalue weighted by molar-refractivity contribution is 7.20. The van der Waals surface area contributed by atoms with Gasteiger partial charge in [0.15, 0.2) is 0 Å². The van der Waals surface area contributed by atoms with Crippen LogP contribution in [0, 0.1) is 6.92 Å². The number of thiophene rings is 1. The number of amides is 1. The van der Waals surface area contributed by atoms with Crippen LogP contribution in [0.15, 0.2) is 29.1 Å². The lowest BCUT2D eigenvalue weighted by molar-refractivity contribution is 0.0747. The summed E-state index contributed by atoms with van der Waals surface area (Å²) >= 11 is 1.32. The van der Waals surface area contributed by atoms with Gasteiger partial charge in [0.25, 0.3) is 11.5 Å². The van der Waals surface area contributed by atoms with Crippen molar-refractivity contribution in [1.82, 2.24) is 14.5 Å². The lowest BCUT2D eigenvalue weighted by Crippen LogP contribution is -2.29. The molecule has 1 amide bonds. The largest absolute Gasteiger partial charge is 0.497 e. The van der Waals surface area contributed by atoms with E-state index in [4.69, 9.17) is 4.74 Å². The normalized spacial score (nSPS) is 14.1. The second-order valence-corrected chi connectivity index (χ2v) is 8.19. The average Bonchev–Trinajstić information content (AvgIpc) is 3.31. The Morgan fingerprint density at radius 2 is 2.04 bits per heavy atom. The Hall–Kier alpha value is -2.67. The van der Waals surface area contributed by atoms with Gasteiger partial charge in [-0.3, -0.25) is 14.2 Å². The molecule has 2 aromatic heterocycles. The maximum Gasteiger partial charge on any atom is 0.264 e. The van der Waals surface area contributed by atoms with Crippen LogP contribution in [0.5, 0.6) is 5.75 Å². The number of carbonyl (C=O) groups excluding carboxylic acids is 1. The predicted molar refractivity (Wildman–Crippen MR) is 110 cm³/mol. The Bertz CT molecular complexity index is 1110. The molecule has 1 unspecified atom stereocenters. The molecule has 0 saturated carbocycles. The fraction of sp³-hybridized carbons (Fsp3) is 0.381. The van der Waals surface area contributed by atoms with E-state index in [2.05, 4.69) is 4.98 Å². The lowest BCUT2D eigenvalue weighted by Gasteiger charge is -2.25. The molecule has 7 heteroatoms. The second-order valence-electron chi connectivity index (χ2n) is 7.19. The van der Waals surface area contributed by atoms with E-state index in [0.717, 1.165) is 35.5 Å². The Morgan fingerprint density at radius 1 is 1.32 bits per heavy atom. The third-order valence-corrected chi connectivity index (χ3v) is 6.78. The fourth-order valence-corrected chi connectivity index (χ4v) is 4.89. The minimum atomic E-state index is -0.109. The Balaban J connectivity index is 1.69. The molecule has 4 rings (SSSR count). The van der Waals surface area contributed by atoms with Crippen LogP contribution in [-0.2, 0) is 13.0 Å². The van der Waals surface area contributed by atoms with Gasteiger partial charge in [-0.15, -0.1) is 11.3 Å². The van der Waals surface area contributed by atoms with Crippen LogP contribution in [0.2, 0.25) is 0 Å². The summed E-state index contributed by atoms with van der Waals surface area (Å²) in [6.07, 6.45) is 1.77. The molecular weight excluding hydrogens is 374 g/mol. The Labute approximate surface area is 167 Å². The smallest absolute Gasteiger partial charge is 0.264 e. The number of aryl methyl sites for hydroxylation is 2. The summed E-state index contributed by atoms with van der Waals surface area (Å²) in [7, 11) is 3.42. The van der Waals surface area contributed by atoms with Gasteiger partial charge < -0.3 is 9.64 Å². The number of nitrogens with zero attached hydrogens (tertiary/aromatic N) is 3. The Morgan fingerprint density at radius 3 is 2.71 bits per heavy atom. The van der Waals surface area contributed by atoms with Gasteiger partial charge in [0, 0.05) is 20.0 Å². The topological polar surface area (TPSA) is 64.4 Å². The zero-order valence-electron chi connectivity index (χ0n) is 16.5. The van der Waals surface area contributed by atoms with Gasteiger partial charge in [-0.25, -0.2) is 4.98 Å². The maximum atomic E-state index is 13.2. The van der Waals surface area contributed by atoms with Crippen molar-refractivity contribution >= 4 is 27.5 Å². The van der Waals surface area contributed by atoms with E-state index in [1.54, 1.807) is 23.6 Å². The quantitative estimate of drug-likeness (QED) is 0.675. The van der Waals surface area contributed by atoms with Crippen molar-refractivity contribution < 1.29 is 9.53 Å². The first-order valence-electron chi connectivity index (χ1n) is 9.36. The summed E-state index contributed by atoms with van der Waals surface area (Å²) in [6, 6.07) is 7.59. The summed E-state index contributed by atoms with van der Waals surface area (Å²) in [4.78, 5) is 33.7. The van der Waals surface area contributed by atoms with Crippen molar-refractivity contribution in [2.45, 2.75) is 39.3 Å². The van der Waals surface area contributed by atoms with E-state index in [1.807, 2.05) is 38.1 Å². The summed E-state index contributed by atoms with van der Waals surface area (Å²) in [6.45, 7) is 4.55. The molecule has 1 aromatic carbocycles. The van der Waals surface area contributed by atoms with Crippen LogP contribution in [0.3, 0.4) is 0 Å². The van der Waals surface area contributed by atoms with Gasteiger partial charge >= 0.3 is 0 Å².